The van der Waals surface area contributed by atoms with Gasteiger partial charge in [-0.1, -0.05) is 35.5 Å². The van der Waals surface area contributed by atoms with Gasteiger partial charge in [0.2, 0.25) is 12.0 Å². The van der Waals surface area contributed by atoms with Crippen molar-refractivity contribution in [1.29, 1.82) is 0 Å². The van der Waals surface area contributed by atoms with Gasteiger partial charge in [-0.05, 0) is 24.3 Å². The molecular formula is C20H18FN3O3. The topological polar surface area (TPSA) is 71.0 Å². The molecule has 6 nitrogen and oxygen atoms in total. The van der Waals surface area contributed by atoms with Gasteiger partial charge < -0.3 is 15.1 Å². The quantitative estimate of drug-likeness (QED) is 0.901. The Morgan fingerprint density at radius 2 is 1.96 bits per heavy atom. The van der Waals surface area contributed by atoms with Crippen molar-refractivity contribution in [3.63, 3.8) is 0 Å². The first-order valence-corrected chi connectivity index (χ1v) is 8.74. The summed E-state index contributed by atoms with van der Waals surface area (Å²) in [5.41, 5.74) is 1.94. The maximum Gasteiger partial charge on any atom is 0.264 e. The number of nitrogens with one attached hydrogen (secondary N) is 1. The van der Waals surface area contributed by atoms with Crippen LogP contribution in [0.3, 0.4) is 0 Å². The van der Waals surface area contributed by atoms with Crippen LogP contribution in [-0.4, -0.2) is 36.2 Å². The lowest BCUT2D eigenvalue weighted by Crippen LogP contribution is -2.42. The van der Waals surface area contributed by atoms with Gasteiger partial charge in [-0.25, -0.2) is 4.39 Å². The number of para-hydroxylation sites is 1. The normalized spacial score (nSPS) is 21.7. The predicted molar refractivity (Wildman–Crippen MR) is 97.8 cm³/mol. The minimum absolute atomic E-state index is 0.0319. The molecule has 0 aromatic heterocycles. The summed E-state index contributed by atoms with van der Waals surface area (Å²) in [5, 5.41) is 6.77. The standard InChI is InChI=1S/C20H18FN3O3/c21-14-6-4-5-13(9-14)17-11-18(27-23-17)20(26)22-15-10-19(25)24(12-15)16-7-2-1-3-8-16/h1-9,15,18H,10-12H2,(H,22,26)/t15-,18+/m0/s1. The van der Waals surface area contributed by atoms with Gasteiger partial charge in [0, 0.05) is 30.6 Å². The van der Waals surface area contributed by atoms with E-state index in [1.165, 1.54) is 12.1 Å². The highest BCUT2D eigenvalue weighted by atomic mass is 19.1. The molecule has 27 heavy (non-hydrogen) atoms. The molecule has 1 N–H and O–H groups in total. The Morgan fingerprint density at radius 3 is 2.74 bits per heavy atom. The molecule has 0 bridgehead atoms. The lowest BCUT2D eigenvalue weighted by Gasteiger charge is -2.18. The Bertz CT molecular complexity index is 900. The van der Waals surface area contributed by atoms with E-state index in [0.29, 0.717) is 17.8 Å². The molecule has 2 aliphatic heterocycles. The number of oxime groups is 1. The van der Waals surface area contributed by atoms with Crippen molar-refractivity contribution in [3.8, 4) is 0 Å². The van der Waals surface area contributed by atoms with Gasteiger partial charge in [-0.15, -0.1) is 0 Å². The second kappa shape index (κ2) is 7.19. The summed E-state index contributed by atoms with van der Waals surface area (Å²) in [7, 11) is 0. The third-order valence-corrected chi connectivity index (χ3v) is 4.66. The first-order valence-electron chi connectivity index (χ1n) is 8.74. The number of anilines is 1. The van der Waals surface area contributed by atoms with Gasteiger partial charge in [-0.2, -0.15) is 0 Å². The summed E-state index contributed by atoms with van der Waals surface area (Å²) in [6.45, 7) is 0.416. The average Bonchev–Trinajstić information content (AvgIpc) is 3.29. The summed E-state index contributed by atoms with van der Waals surface area (Å²) in [6, 6.07) is 15.1. The molecule has 0 radical (unpaired) electrons. The molecule has 2 atom stereocenters. The largest absolute Gasteiger partial charge is 0.382 e. The number of hydrogen-bond donors (Lipinski definition) is 1. The molecule has 0 unspecified atom stereocenters. The van der Waals surface area contributed by atoms with Crippen LogP contribution in [0, 0.1) is 5.82 Å². The molecule has 2 aliphatic rings. The zero-order valence-electron chi connectivity index (χ0n) is 14.5. The van der Waals surface area contributed by atoms with Crippen LogP contribution in [0.4, 0.5) is 10.1 Å². The summed E-state index contributed by atoms with van der Waals surface area (Å²) in [5.74, 6) is -0.720. The van der Waals surface area contributed by atoms with Crippen LogP contribution in [0.5, 0.6) is 0 Å². The lowest BCUT2D eigenvalue weighted by molar-refractivity contribution is -0.131. The molecule has 2 heterocycles. The number of rotatable bonds is 4. The highest BCUT2D eigenvalue weighted by molar-refractivity contribution is 6.04. The molecule has 7 heteroatoms. The van der Waals surface area contributed by atoms with Crippen LogP contribution >= 0.6 is 0 Å². The van der Waals surface area contributed by atoms with Crippen LogP contribution in [-0.2, 0) is 14.4 Å². The SMILES string of the molecule is O=C(N[C@H]1CC(=O)N(c2ccccc2)C1)[C@H]1CC(c2cccc(F)c2)=NO1. The fourth-order valence-corrected chi connectivity index (χ4v) is 3.31. The van der Waals surface area contributed by atoms with Crippen molar-refractivity contribution in [2.24, 2.45) is 5.16 Å². The minimum atomic E-state index is -0.774. The van der Waals surface area contributed by atoms with E-state index in [1.54, 1.807) is 17.0 Å². The van der Waals surface area contributed by atoms with Crippen LogP contribution in [0.1, 0.15) is 18.4 Å². The van der Waals surface area contributed by atoms with Gasteiger partial charge in [0.05, 0.1) is 11.8 Å². The highest BCUT2D eigenvalue weighted by Gasteiger charge is 2.35. The Hall–Kier alpha value is -3.22. The highest BCUT2D eigenvalue weighted by Crippen LogP contribution is 2.22. The molecule has 4 rings (SSSR count). The molecule has 2 amide bonds. The second-order valence-electron chi connectivity index (χ2n) is 6.60. The van der Waals surface area contributed by atoms with Crippen molar-refractivity contribution in [2.45, 2.75) is 25.0 Å². The number of amides is 2. The molecular weight excluding hydrogens is 349 g/mol. The average molecular weight is 367 g/mol. The van der Waals surface area contributed by atoms with E-state index in [2.05, 4.69) is 10.5 Å². The van der Waals surface area contributed by atoms with E-state index in [4.69, 9.17) is 4.84 Å². The van der Waals surface area contributed by atoms with Gasteiger partial charge in [-0.3, -0.25) is 9.59 Å². The molecule has 138 valence electrons. The van der Waals surface area contributed by atoms with Crippen molar-refractivity contribution in [1.82, 2.24) is 5.32 Å². The summed E-state index contributed by atoms with van der Waals surface area (Å²) < 4.78 is 13.3. The number of carbonyl (C=O) groups is 2. The summed E-state index contributed by atoms with van der Waals surface area (Å²) in [4.78, 5) is 31.6. The van der Waals surface area contributed by atoms with E-state index >= 15 is 0 Å². The third-order valence-electron chi connectivity index (χ3n) is 4.66. The van der Waals surface area contributed by atoms with Crippen LogP contribution in [0.15, 0.2) is 59.8 Å². The van der Waals surface area contributed by atoms with Crippen LogP contribution < -0.4 is 10.2 Å². The Labute approximate surface area is 155 Å². The van der Waals surface area contributed by atoms with E-state index in [-0.39, 0.29) is 36.5 Å². The Balaban J connectivity index is 1.35. The van der Waals surface area contributed by atoms with E-state index in [1.807, 2.05) is 30.3 Å². The number of carbonyl (C=O) groups excluding carboxylic acids is 2. The maximum absolute atomic E-state index is 13.3. The predicted octanol–water partition coefficient (Wildman–Crippen LogP) is 2.24. The first kappa shape index (κ1) is 17.2. The molecule has 1 fully saturated rings. The van der Waals surface area contributed by atoms with Crippen molar-refractivity contribution < 1.29 is 18.8 Å². The zero-order valence-corrected chi connectivity index (χ0v) is 14.5. The third kappa shape index (κ3) is 3.67. The first-order chi connectivity index (χ1) is 13.1. The van der Waals surface area contributed by atoms with E-state index < -0.39 is 6.10 Å². The van der Waals surface area contributed by atoms with Crippen LogP contribution in [0.2, 0.25) is 0 Å². The molecule has 0 spiro atoms. The fraction of sp³-hybridized carbons (Fsp3) is 0.250. The molecule has 0 saturated carbocycles. The molecule has 0 aliphatic carbocycles. The number of halogens is 1. The molecule has 2 aromatic carbocycles. The van der Waals surface area contributed by atoms with Crippen molar-refractivity contribution >= 4 is 23.2 Å². The van der Waals surface area contributed by atoms with E-state index in [9.17, 15) is 14.0 Å². The van der Waals surface area contributed by atoms with Gasteiger partial charge in [0.15, 0.2) is 0 Å². The summed E-state index contributed by atoms with van der Waals surface area (Å²) >= 11 is 0. The minimum Gasteiger partial charge on any atom is -0.382 e. The van der Waals surface area contributed by atoms with Gasteiger partial charge >= 0.3 is 0 Å². The number of nitrogens with zero attached hydrogens (tertiary/aromatic N) is 2. The number of benzene rings is 2. The maximum atomic E-state index is 13.3. The van der Waals surface area contributed by atoms with Gasteiger partial charge in [0.25, 0.3) is 5.91 Å². The number of hydrogen-bond acceptors (Lipinski definition) is 4. The zero-order chi connectivity index (χ0) is 18.8. The second-order valence-corrected chi connectivity index (χ2v) is 6.60. The lowest BCUT2D eigenvalue weighted by atomic mass is 10.0. The summed E-state index contributed by atoms with van der Waals surface area (Å²) in [6.07, 6.45) is -0.271. The molecule has 1 saturated heterocycles. The van der Waals surface area contributed by atoms with Crippen LogP contribution in [0.25, 0.3) is 0 Å². The Kier molecular flexibility index (Phi) is 4.58. The monoisotopic (exact) mass is 367 g/mol. The fourth-order valence-electron chi connectivity index (χ4n) is 3.31. The van der Waals surface area contributed by atoms with Crippen molar-refractivity contribution in [3.05, 3.63) is 66.0 Å². The smallest absolute Gasteiger partial charge is 0.264 e. The van der Waals surface area contributed by atoms with E-state index in [0.717, 1.165) is 5.69 Å². The van der Waals surface area contributed by atoms with Gasteiger partial charge in [0.1, 0.15) is 5.82 Å². The van der Waals surface area contributed by atoms with Crippen molar-refractivity contribution in [2.75, 3.05) is 11.4 Å². The molecule has 2 aromatic rings. The Morgan fingerprint density at radius 1 is 1.15 bits per heavy atom.